The van der Waals surface area contributed by atoms with Crippen LogP contribution in [0.3, 0.4) is 0 Å². The molecule has 0 aliphatic carbocycles. The first-order valence-corrected chi connectivity index (χ1v) is 9.98. The van der Waals surface area contributed by atoms with Gasteiger partial charge in [-0.2, -0.15) is 0 Å². The van der Waals surface area contributed by atoms with E-state index >= 15 is 0 Å². The van der Waals surface area contributed by atoms with Crippen LogP contribution in [0.5, 0.6) is 5.75 Å². The number of carbonyl (C=O) groups is 3. The molecule has 2 aromatic rings. The fourth-order valence-electron chi connectivity index (χ4n) is 3.28. The van der Waals surface area contributed by atoms with Crippen molar-refractivity contribution in [1.29, 1.82) is 0 Å². The smallest absolute Gasteiger partial charge is 0.329 e. The Kier molecular flexibility index (Phi) is 7.06. The van der Waals surface area contributed by atoms with E-state index in [1.807, 2.05) is 30.3 Å². The summed E-state index contributed by atoms with van der Waals surface area (Å²) in [7, 11) is 0. The fourth-order valence-corrected chi connectivity index (χ4v) is 3.28. The Morgan fingerprint density at radius 1 is 1.00 bits per heavy atom. The second kappa shape index (κ2) is 9.91. The van der Waals surface area contributed by atoms with Crippen LogP contribution in [-0.2, 0) is 25.5 Å². The van der Waals surface area contributed by atoms with Crippen molar-refractivity contribution in [1.82, 2.24) is 5.32 Å². The van der Waals surface area contributed by atoms with E-state index in [2.05, 4.69) is 5.32 Å². The Balaban J connectivity index is 1.50. The van der Waals surface area contributed by atoms with E-state index in [1.54, 1.807) is 43.0 Å². The van der Waals surface area contributed by atoms with Crippen LogP contribution >= 0.6 is 0 Å². The zero-order chi connectivity index (χ0) is 21.5. The van der Waals surface area contributed by atoms with Gasteiger partial charge in [0.2, 0.25) is 0 Å². The van der Waals surface area contributed by atoms with Crippen molar-refractivity contribution >= 4 is 23.5 Å². The van der Waals surface area contributed by atoms with E-state index in [9.17, 15) is 14.4 Å². The molecule has 0 spiro atoms. The zero-order valence-corrected chi connectivity index (χ0v) is 17.2. The molecule has 1 atom stereocenters. The summed E-state index contributed by atoms with van der Waals surface area (Å²) < 4.78 is 10.6. The van der Waals surface area contributed by atoms with Crippen molar-refractivity contribution in [3.8, 4) is 5.75 Å². The van der Waals surface area contributed by atoms with Crippen LogP contribution in [0, 0.1) is 5.92 Å². The lowest BCUT2D eigenvalue weighted by molar-refractivity contribution is -0.152. The number of hydrogen-bond donors (Lipinski definition) is 1. The molecule has 1 aliphatic heterocycles. The molecule has 2 amide bonds. The molecule has 30 heavy (non-hydrogen) atoms. The van der Waals surface area contributed by atoms with Gasteiger partial charge in [0.05, 0.1) is 0 Å². The molecule has 158 valence electrons. The fraction of sp³-hybridized carbons (Fsp3) is 0.348. The lowest BCUT2D eigenvalue weighted by Crippen LogP contribution is -2.47. The molecule has 3 rings (SSSR count). The third-order valence-corrected chi connectivity index (χ3v) is 4.88. The number of nitrogens with one attached hydrogen (secondary N) is 1. The third-order valence-electron chi connectivity index (χ3n) is 4.88. The number of nitrogens with zero attached hydrogens (tertiary/aromatic N) is 1. The van der Waals surface area contributed by atoms with Crippen molar-refractivity contribution in [2.24, 2.45) is 5.92 Å². The summed E-state index contributed by atoms with van der Waals surface area (Å²) in [4.78, 5) is 38.9. The van der Waals surface area contributed by atoms with Crippen LogP contribution in [-0.4, -0.2) is 43.6 Å². The van der Waals surface area contributed by atoms with Gasteiger partial charge in [-0.05, 0) is 36.1 Å². The molecule has 0 saturated carbocycles. The lowest BCUT2D eigenvalue weighted by Gasteiger charge is -2.22. The normalized spacial score (nSPS) is 13.5. The summed E-state index contributed by atoms with van der Waals surface area (Å²) in [5.74, 6) is -1.00. The van der Waals surface area contributed by atoms with Gasteiger partial charge in [0.25, 0.3) is 11.8 Å². The van der Waals surface area contributed by atoms with Crippen LogP contribution in [0.2, 0.25) is 0 Å². The highest BCUT2D eigenvalue weighted by molar-refractivity contribution is 5.97. The number of hydrogen-bond acceptors (Lipinski definition) is 5. The lowest BCUT2D eigenvalue weighted by atomic mass is 10.0. The maximum atomic E-state index is 12.5. The van der Waals surface area contributed by atoms with Gasteiger partial charge in [0, 0.05) is 12.2 Å². The molecule has 1 aliphatic rings. The Morgan fingerprint density at radius 2 is 1.70 bits per heavy atom. The number of rotatable bonds is 8. The number of ether oxygens (including phenoxy) is 2. The predicted octanol–water partition coefficient (Wildman–Crippen LogP) is 2.34. The monoisotopic (exact) mass is 410 g/mol. The van der Waals surface area contributed by atoms with E-state index in [0.29, 0.717) is 12.3 Å². The average Bonchev–Trinajstić information content (AvgIpc) is 3.19. The van der Waals surface area contributed by atoms with Gasteiger partial charge >= 0.3 is 5.97 Å². The molecule has 0 radical (unpaired) electrons. The van der Waals surface area contributed by atoms with Gasteiger partial charge in [-0.3, -0.25) is 9.59 Å². The van der Waals surface area contributed by atoms with Crippen LogP contribution < -0.4 is 15.0 Å². The Labute approximate surface area is 176 Å². The first-order valence-electron chi connectivity index (χ1n) is 9.98. The number of amides is 2. The minimum Gasteiger partial charge on any atom is -0.484 e. The van der Waals surface area contributed by atoms with Crippen LogP contribution in [0.1, 0.15) is 19.4 Å². The van der Waals surface area contributed by atoms with E-state index in [1.165, 1.54) is 0 Å². The molecular weight excluding hydrogens is 384 g/mol. The van der Waals surface area contributed by atoms with Gasteiger partial charge in [0.15, 0.2) is 13.2 Å². The van der Waals surface area contributed by atoms with Crippen molar-refractivity contribution in [3.63, 3.8) is 0 Å². The summed E-state index contributed by atoms with van der Waals surface area (Å²) in [6.45, 7) is 3.57. The average molecular weight is 410 g/mol. The van der Waals surface area contributed by atoms with E-state index in [-0.39, 0.29) is 25.0 Å². The van der Waals surface area contributed by atoms with E-state index in [0.717, 1.165) is 17.7 Å². The molecule has 0 bridgehead atoms. The van der Waals surface area contributed by atoms with Crippen molar-refractivity contribution in [2.45, 2.75) is 26.3 Å². The highest BCUT2D eigenvalue weighted by Crippen LogP contribution is 2.27. The van der Waals surface area contributed by atoms with E-state index < -0.39 is 17.9 Å². The summed E-state index contributed by atoms with van der Waals surface area (Å²) in [6, 6.07) is 15.7. The van der Waals surface area contributed by atoms with Crippen LogP contribution in [0.15, 0.2) is 54.6 Å². The van der Waals surface area contributed by atoms with Gasteiger partial charge < -0.3 is 19.7 Å². The first kappa shape index (κ1) is 21.4. The Morgan fingerprint density at radius 3 is 2.43 bits per heavy atom. The van der Waals surface area contributed by atoms with Gasteiger partial charge in [-0.15, -0.1) is 0 Å². The highest BCUT2D eigenvalue weighted by Gasteiger charge is 2.29. The number of fused-ring (bicyclic) bond motifs is 1. The summed E-state index contributed by atoms with van der Waals surface area (Å²) >= 11 is 0. The van der Waals surface area contributed by atoms with Crippen LogP contribution in [0.25, 0.3) is 0 Å². The van der Waals surface area contributed by atoms with Crippen molar-refractivity contribution < 1.29 is 23.9 Å². The summed E-state index contributed by atoms with van der Waals surface area (Å²) in [5, 5.41) is 2.63. The quantitative estimate of drug-likeness (QED) is 0.676. The highest BCUT2D eigenvalue weighted by atomic mass is 16.5. The SMILES string of the molecule is CC(C)[C@H](NC(=O)COc1ccccc1)C(=O)OCC(=O)N1CCc2ccccc21. The van der Waals surface area contributed by atoms with Crippen molar-refractivity contribution in [3.05, 3.63) is 60.2 Å². The molecule has 0 fully saturated rings. The number of esters is 1. The Hall–Kier alpha value is -3.35. The second-order valence-corrected chi connectivity index (χ2v) is 7.42. The molecule has 1 heterocycles. The number of carbonyl (C=O) groups excluding carboxylic acids is 3. The Bertz CT molecular complexity index is 897. The number of anilines is 1. The summed E-state index contributed by atoms with van der Waals surface area (Å²) in [6.07, 6.45) is 0.780. The van der Waals surface area contributed by atoms with Gasteiger partial charge in [0.1, 0.15) is 11.8 Å². The molecule has 7 heteroatoms. The van der Waals surface area contributed by atoms with Crippen LogP contribution in [0.4, 0.5) is 5.69 Å². The number of benzene rings is 2. The largest absolute Gasteiger partial charge is 0.484 e. The standard InChI is InChI=1S/C23H26N2O5/c1-16(2)22(24-20(26)14-29-18-9-4-3-5-10-18)23(28)30-15-21(27)25-13-12-17-8-6-7-11-19(17)25/h3-11,16,22H,12-15H2,1-2H3,(H,24,26)/t22-/m0/s1. The molecule has 0 saturated heterocycles. The zero-order valence-electron chi connectivity index (χ0n) is 17.2. The molecular formula is C23H26N2O5. The molecule has 0 aromatic heterocycles. The third kappa shape index (κ3) is 5.37. The molecule has 2 aromatic carbocycles. The summed E-state index contributed by atoms with van der Waals surface area (Å²) in [5.41, 5.74) is 1.95. The predicted molar refractivity (Wildman–Crippen MR) is 112 cm³/mol. The van der Waals surface area contributed by atoms with Gasteiger partial charge in [-0.25, -0.2) is 4.79 Å². The first-order chi connectivity index (χ1) is 14.5. The van der Waals surface area contributed by atoms with E-state index in [4.69, 9.17) is 9.47 Å². The van der Waals surface area contributed by atoms with Gasteiger partial charge in [-0.1, -0.05) is 50.2 Å². The topological polar surface area (TPSA) is 84.9 Å². The molecule has 0 unspecified atom stereocenters. The number of para-hydroxylation sites is 2. The minimum atomic E-state index is -0.865. The minimum absolute atomic E-state index is 0.208. The van der Waals surface area contributed by atoms with Crippen molar-refractivity contribution in [2.75, 3.05) is 24.7 Å². The second-order valence-electron chi connectivity index (χ2n) is 7.42. The molecule has 7 nitrogen and oxygen atoms in total. The maximum Gasteiger partial charge on any atom is 0.329 e. The maximum absolute atomic E-state index is 12.5. The molecule has 1 N–H and O–H groups in total.